The third-order valence-electron chi connectivity index (χ3n) is 5.06. The van der Waals surface area contributed by atoms with E-state index in [0.29, 0.717) is 19.5 Å². The summed E-state index contributed by atoms with van der Waals surface area (Å²) in [6.45, 7) is 7.94. The maximum Gasteiger partial charge on any atom is 0.239 e. The van der Waals surface area contributed by atoms with Crippen LogP contribution in [0, 0.1) is 11.3 Å². The first-order valence-corrected chi connectivity index (χ1v) is 8.89. The minimum atomic E-state index is -0.176. The summed E-state index contributed by atoms with van der Waals surface area (Å²) in [6.07, 6.45) is 2.61. The Morgan fingerprint density at radius 1 is 1.12 bits per heavy atom. The first-order chi connectivity index (χ1) is 11.5. The molecule has 2 rings (SSSR count). The van der Waals surface area contributed by atoms with Crippen molar-refractivity contribution >= 4 is 11.8 Å². The lowest BCUT2D eigenvalue weighted by Crippen LogP contribution is -2.55. The normalized spacial score (nSPS) is 20.6. The molecule has 7 heteroatoms. The van der Waals surface area contributed by atoms with Crippen LogP contribution < -0.4 is 0 Å². The largest absolute Gasteiger partial charge is 0.343 e. The van der Waals surface area contributed by atoms with Crippen LogP contribution in [0.4, 0.5) is 0 Å². The number of nitrogens with zero attached hydrogens (tertiary/aromatic N) is 5. The molecular formula is C17H29N5O2. The van der Waals surface area contributed by atoms with E-state index in [-0.39, 0.29) is 17.9 Å². The Morgan fingerprint density at radius 2 is 1.75 bits per heavy atom. The molecule has 0 aromatic heterocycles. The molecule has 0 aliphatic carbocycles. The monoisotopic (exact) mass is 335 g/mol. The van der Waals surface area contributed by atoms with Crippen molar-refractivity contribution < 1.29 is 9.59 Å². The van der Waals surface area contributed by atoms with Crippen LogP contribution in [0.3, 0.4) is 0 Å². The predicted molar refractivity (Wildman–Crippen MR) is 91.2 cm³/mol. The van der Waals surface area contributed by atoms with Crippen molar-refractivity contribution in [2.75, 3.05) is 59.4 Å². The van der Waals surface area contributed by atoms with E-state index in [4.69, 9.17) is 5.26 Å². The second-order valence-corrected chi connectivity index (χ2v) is 6.74. The zero-order valence-corrected chi connectivity index (χ0v) is 14.9. The third-order valence-corrected chi connectivity index (χ3v) is 5.06. The number of piperazine rings is 1. The molecule has 0 radical (unpaired) electrons. The summed E-state index contributed by atoms with van der Waals surface area (Å²) >= 11 is 0. The van der Waals surface area contributed by atoms with Gasteiger partial charge in [-0.15, -0.1) is 0 Å². The summed E-state index contributed by atoms with van der Waals surface area (Å²) in [5, 5.41) is 8.63. The lowest BCUT2D eigenvalue weighted by Gasteiger charge is -2.38. The van der Waals surface area contributed by atoms with Crippen molar-refractivity contribution in [2.45, 2.75) is 32.2 Å². The van der Waals surface area contributed by atoms with Gasteiger partial charge in [0.15, 0.2) is 0 Å². The second kappa shape index (κ2) is 9.00. The van der Waals surface area contributed by atoms with Crippen molar-refractivity contribution in [3.05, 3.63) is 0 Å². The molecule has 1 unspecified atom stereocenters. The number of carbonyl (C=O) groups excluding carboxylic acids is 2. The quantitative estimate of drug-likeness (QED) is 0.683. The van der Waals surface area contributed by atoms with Crippen LogP contribution in [0.25, 0.3) is 0 Å². The molecule has 24 heavy (non-hydrogen) atoms. The minimum absolute atomic E-state index is 0.0619. The van der Waals surface area contributed by atoms with Crippen LogP contribution in [0.1, 0.15) is 26.2 Å². The van der Waals surface area contributed by atoms with E-state index in [1.165, 1.54) is 0 Å². The second-order valence-electron chi connectivity index (χ2n) is 6.74. The highest BCUT2D eigenvalue weighted by Crippen LogP contribution is 2.11. The Kier molecular flexibility index (Phi) is 7.00. The standard InChI is InChI=1S/C17H29N5O2/c1-15(17(24)19(2)7-5-6-18)21-12-10-20(11-13-21)14-16(23)22-8-3-4-9-22/h15H,3-5,7-14H2,1-2H3. The van der Waals surface area contributed by atoms with E-state index in [0.717, 1.165) is 52.1 Å². The number of amides is 2. The van der Waals surface area contributed by atoms with E-state index in [1.807, 2.05) is 11.8 Å². The molecule has 2 amide bonds. The number of likely N-dealkylation sites (tertiary alicyclic amines) is 1. The fourth-order valence-corrected chi connectivity index (χ4v) is 3.37. The van der Waals surface area contributed by atoms with Crippen molar-refractivity contribution in [1.29, 1.82) is 5.26 Å². The van der Waals surface area contributed by atoms with E-state index in [9.17, 15) is 9.59 Å². The van der Waals surface area contributed by atoms with Crippen LogP contribution in [0.15, 0.2) is 0 Å². The summed E-state index contributed by atoms with van der Waals surface area (Å²) < 4.78 is 0. The Bertz CT molecular complexity index is 476. The highest BCUT2D eigenvalue weighted by atomic mass is 16.2. The number of carbonyl (C=O) groups is 2. The van der Waals surface area contributed by atoms with Crippen molar-refractivity contribution in [1.82, 2.24) is 19.6 Å². The molecule has 0 aromatic rings. The lowest BCUT2D eigenvalue weighted by molar-refractivity contribution is -0.137. The van der Waals surface area contributed by atoms with Gasteiger partial charge in [0.25, 0.3) is 0 Å². The van der Waals surface area contributed by atoms with Crippen molar-refractivity contribution in [3.8, 4) is 6.07 Å². The maximum atomic E-state index is 12.4. The molecular weight excluding hydrogens is 306 g/mol. The van der Waals surface area contributed by atoms with Gasteiger partial charge in [-0.05, 0) is 19.8 Å². The zero-order valence-electron chi connectivity index (χ0n) is 14.9. The maximum absolute atomic E-state index is 12.4. The smallest absolute Gasteiger partial charge is 0.239 e. The van der Waals surface area contributed by atoms with Gasteiger partial charge in [-0.25, -0.2) is 0 Å². The first-order valence-electron chi connectivity index (χ1n) is 8.89. The SMILES string of the molecule is CC(C(=O)N(C)CCC#N)N1CCN(CC(=O)N2CCCC2)CC1. The molecule has 2 aliphatic heterocycles. The Morgan fingerprint density at radius 3 is 2.33 bits per heavy atom. The zero-order chi connectivity index (χ0) is 17.5. The van der Waals surface area contributed by atoms with Crippen LogP contribution in [0.5, 0.6) is 0 Å². The summed E-state index contributed by atoms with van der Waals surface area (Å²) in [6, 6.07) is 1.89. The van der Waals surface area contributed by atoms with Crippen LogP contribution >= 0.6 is 0 Å². The summed E-state index contributed by atoms with van der Waals surface area (Å²) in [5.74, 6) is 0.299. The van der Waals surface area contributed by atoms with Crippen molar-refractivity contribution in [3.63, 3.8) is 0 Å². The van der Waals surface area contributed by atoms with E-state index >= 15 is 0 Å². The number of nitriles is 1. The Hall–Kier alpha value is -1.65. The van der Waals surface area contributed by atoms with Gasteiger partial charge in [-0.1, -0.05) is 0 Å². The van der Waals surface area contributed by atoms with Crippen LogP contribution in [-0.2, 0) is 9.59 Å². The molecule has 0 saturated carbocycles. The molecule has 2 aliphatic rings. The molecule has 0 N–H and O–H groups in total. The Balaban J connectivity index is 1.74. The van der Waals surface area contributed by atoms with Gasteiger partial charge in [-0.3, -0.25) is 19.4 Å². The molecule has 0 spiro atoms. The fourth-order valence-electron chi connectivity index (χ4n) is 3.37. The number of hydrogen-bond donors (Lipinski definition) is 0. The van der Waals surface area contributed by atoms with Gasteiger partial charge in [0.1, 0.15) is 0 Å². The fraction of sp³-hybridized carbons (Fsp3) is 0.824. The minimum Gasteiger partial charge on any atom is -0.343 e. The van der Waals surface area contributed by atoms with Gasteiger partial charge in [0.05, 0.1) is 25.1 Å². The highest BCUT2D eigenvalue weighted by Gasteiger charge is 2.28. The van der Waals surface area contributed by atoms with Crippen LogP contribution in [-0.4, -0.2) is 96.9 Å². The molecule has 0 aromatic carbocycles. The molecule has 7 nitrogen and oxygen atoms in total. The highest BCUT2D eigenvalue weighted by molar-refractivity contribution is 5.81. The average molecular weight is 335 g/mol. The molecule has 134 valence electrons. The lowest BCUT2D eigenvalue weighted by atomic mass is 10.2. The first kappa shape index (κ1) is 18.7. The Labute approximate surface area is 144 Å². The number of likely N-dealkylation sites (N-methyl/N-ethyl adjacent to an activating group) is 1. The molecule has 1 atom stereocenters. The summed E-state index contributed by atoms with van der Waals surface area (Å²) in [5.41, 5.74) is 0. The van der Waals surface area contributed by atoms with Gasteiger partial charge >= 0.3 is 0 Å². The molecule has 0 bridgehead atoms. The third kappa shape index (κ3) is 4.92. The molecule has 2 heterocycles. The number of rotatable bonds is 6. The van der Waals surface area contributed by atoms with Gasteiger partial charge < -0.3 is 9.80 Å². The summed E-state index contributed by atoms with van der Waals surface area (Å²) in [7, 11) is 1.75. The van der Waals surface area contributed by atoms with E-state index in [1.54, 1.807) is 11.9 Å². The average Bonchev–Trinajstić information content (AvgIpc) is 3.13. The molecule has 2 fully saturated rings. The van der Waals surface area contributed by atoms with E-state index < -0.39 is 0 Å². The van der Waals surface area contributed by atoms with E-state index in [2.05, 4.69) is 15.9 Å². The van der Waals surface area contributed by atoms with Gasteiger partial charge in [0, 0.05) is 52.9 Å². The number of hydrogen-bond acceptors (Lipinski definition) is 5. The van der Waals surface area contributed by atoms with Gasteiger partial charge in [0.2, 0.25) is 11.8 Å². The predicted octanol–water partition coefficient (Wildman–Crippen LogP) is -0.0130. The molecule has 2 saturated heterocycles. The topological polar surface area (TPSA) is 70.9 Å². The summed E-state index contributed by atoms with van der Waals surface area (Å²) in [4.78, 5) is 32.5. The van der Waals surface area contributed by atoms with Crippen molar-refractivity contribution in [2.24, 2.45) is 0 Å². The van der Waals surface area contributed by atoms with Gasteiger partial charge in [-0.2, -0.15) is 5.26 Å². The van der Waals surface area contributed by atoms with Crippen LogP contribution in [0.2, 0.25) is 0 Å².